The summed E-state index contributed by atoms with van der Waals surface area (Å²) in [5.41, 5.74) is 1.22. The number of aromatic nitrogens is 1. The third kappa shape index (κ3) is 1.92. The molecule has 1 aromatic heterocycles. The van der Waals surface area contributed by atoms with Gasteiger partial charge in [-0.05, 0) is 24.3 Å². The maximum absolute atomic E-state index is 11.1. The number of carbonyl (C=O) groups excluding carboxylic acids is 1. The molecular weight excluding hydrogens is 228 g/mol. The van der Waals surface area contributed by atoms with Crippen molar-refractivity contribution in [1.82, 2.24) is 4.98 Å². The number of carbonyl (C=O) groups is 1. The van der Waals surface area contributed by atoms with Gasteiger partial charge < -0.3 is 4.74 Å². The Morgan fingerprint density at radius 1 is 1.44 bits per heavy atom. The molecule has 0 aliphatic rings. The summed E-state index contributed by atoms with van der Waals surface area (Å²) in [5.74, 6) is 0. The highest BCUT2D eigenvalue weighted by Gasteiger charge is 2.08. The van der Waals surface area contributed by atoms with Gasteiger partial charge in [0.1, 0.15) is 0 Å². The lowest BCUT2D eigenvalue weighted by Gasteiger charge is -2.07. The van der Waals surface area contributed by atoms with Gasteiger partial charge in [-0.25, -0.2) is 4.79 Å². The standard InChI is InChI=1S/C11H9ClN2O2/c1-16-11(15)14-9-5-4-8(12)7-3-2-6-13-10(7)9/h2-6H,1H3,(H,14,15). The Morgan fingerprint density at radius 3 is 3.00 bits per heavy atom. The van der Waals surface area contributed by atoms with Gasteiger partial charge in [0.05, 0.1) is 23.3 Å². The van der Waals surface area contributed by atoms with Gasteiger partial charge in [-0.15, -0.1) is 0 Å². The molecule has 0 bridgehead atoms. The van der Waals surface area contributed by atoms with Gasteiger partial charge in [0, 0.05) is 11.6 Å². The number of benzene rings is 1. The van der Waals surface area contributed by atoms with Crippen LogP contribution in [0.25, 0.3) is 10.9 Å². The van der Waals surface area contributed by atoms with E-state index >= 15 is 0 Å². The van der Waals surface area contributed by atoms with Crippen LogP contribution in [0.5, 0.6) is 0 Å². The molecule has 1 N–H and O–H groups in total. The normalized spacial score (nSPS) is 10.1. The minimum absolute atomic E-state index is 0.533. The van der Waals surface area contributed by atoms with Crippen molar-refractivity contribution in [2.75, 3.05) is 12.4 Å². The molecule has 5 heteroatoms. The Hall–Kier alpha value is -1.81. The number of nitrogens with zero attached hydrogens (tertiary/aromatic N) is 1. The molecule has 0 saturated carbocycles. The SMILES string of the molecule is COC(=O)Nc1ccc(Cl)c2cccnc12. The number of hydrogen-bond acceptors (Lipinski definition) is 3. The van der Waals surface area contributed by atoms with E-state index in [1.165, 1.54) is 7.11 Å². The zero-order valence-corrected chi connectivity index (χ0v) is 9.28. The molecule has 1 amide bonds. The number of anilines is 1. The molecular formula is C11H9ClN2O2. The fourth-order valence-electron chi connectivity index (χ4n) is 1.40. The van der Waals surface area contributed by atoms with Crippen LogP contribution < -0.4 is 5.32 Å². The largest absolute Gasteiger partial charge is 0.453 e. The Labute approximate surface area is 97.2 Å². The lowest BCUT2D eigenvalue weighted by molar-refractivity contribution is 0.187. The van der Waals surface area contributed by atoms with Gasteiger partial charge in [0.2, 0.25) is 0 Å². The minimum Gasteiger partial charge on any atom is -0.453 e. The predicted molar refractivity (Wildman–Crippen MR) is 62.8 cm³/mol. The molecule has 2 aromatic rings. The summed E-state index contributed by atoms with van der Waals surface area (Å²) in [7, 11) is 1.31. The molecule has 16 heavy (non-hydrogen) atoms. The highest BCUT2D eigenvalue weighted by molar-refractivity contribution is 6.35. The predicted octanol–water partition coefficient (Wildman–Crippen LogP) is 3.07. The van der Waals surface area contributed by atoms with Crippen LogP contribution in [0, 0.1) is 0 Å². The van der Waals surface area contributed by atoms with Crippen molar-refractivity contribution in [1.29, 1.82) is 0 Å². The number of hydrogen-bond donors (Lipinski definition) is 1. The summed E-state index contributed by atoms with van der Waals surface area (Å²) in [4.78, 5) is 15.3. The van der Waals surface area contributed by atoms with Crippen LogP contribution in [0.2, 0.25) is 5.02 Å². The number of halogens is 1. The number of nitrogens with one attached hydrogen (secondary N) is 1. The molecule has 0 spiro atoms. The summed E-state index contributed by atoms with van der Waals surface area (Å²) < 4.78 is 4.52. The van der Waals surface area contributed by atoms with Gasteiger partial charge in [0.25, 0.3) is 0 Å². The number of methoxy groups -OCH3 is 1. The number of fused-ring (bicyclic) bond motifs is 1. The molecule has 0 radical (unpaired) electrons. The Balaban J connectivity index is 2.54. The molecule has 2 rings (SSSR count). The smallest absolute Gasteiger partial charge is 0.411 e. The molecule has 4 nitrogen and oxygen atoms in total. The van der Waals surface area contributed by atoms with Crippen molar-refractivity contribution < 1.29 is 9.53 Å². The highest BCUT2D eigenvalue weighted by atomic mass is 35.5. The van der Waals surface area contributed by atoms with Crippen LogP contribution in [0.15, 0.2) is 30.5 Å². The summed E-state index contributed by atoms with van der Waals surface area (Å²) in [6.45, 7) is 0. The van der Waals surface area contributed by atoms with E-state index in [4.69, 9.17) is 11.6 Å². The van der Waals surface area contributed by atoms with Gasteiger partial charge >= 0.3 is 6.09 Å². The van der Waals surface area contributed by atoms with Crippen molar-refractivity contribution in [2.45, 2.75) is 0 Å². The number of ether oxygens (including phenoxy) is 1. The maximum Gasteiger partial charge on any atom is 0.411 e. The fraction of sp³-hybridized carbons (Fsp3) is 0.0909. The van der Waals surface area contributed by atoms with E-state index in [0.29, 0.717) is 16.2 Å². The van der Waals surface area contributed by atoms with Gasteiger partial charge in [-0.3, -0.25) is 10.3 Å². The first-order valence-electron chi connectivity index (χ1n) is 4.60. The van der Waals surface area contributed by atoms with Crippen LogP contribution >= 0.6 is 11.6 Å². The summed E-state index contributed by atoms with van der Waals surface area (Å²) >= 11 is 6.02. The van der Waals surface area contributed by atoms with E-state index in [1.807, 2.05) is 6.07 Å². The summed E-state index contributed by atoms with van der Waals surface area (Å²) in [6.07, 6.45) is 1.11. The lowest BCUT2D eigenvalue weighted by Crippen LogP contribution is -2.11. The molecule has 0 saturated heterocycles. The van der Waals surface area contributed by atoms with Gasteiger partial charge in [-0.1, -0.05) is 11.6 Å². The minimum atomic E-state index is -0.533. The Morgan fingerprint density at radius 2 is 2.25 bits per heavy atom. The molecule has 0 aliphatic carbocycles. The summed E-state index contributed by atoms with van der Waals surface area (Å²) in [5, 5.41) is 3.97. The van der Waals surface area contributed by atoms with Crippen LogP contribution in [-0.4, -0.2) is 18.2 Å². The fourth-order valence-corrected chi connectivity index (χ4v) is 1.62. The topological polar surface area (TPSA) is 51.2 Å². The zero-order chi connectivity index (χ0) is 11.5. The molecule has 1 heterocycles. The molecule has 0 atom stereocenters. The lowest BCUT2D eigenvalue weighted by atomic mass is 10.2. The molecule has 0 fully saturated rings. The second-order valence-corrected chi connectivity index (χ2v) is 3.52. The van der Waals surface area contributed by atoms with Gasteiger partial charge in [0.15, 0.2) is 0 Å². The van der Waals surface area contributed by atoms with Gasteiger partial charge in [-0.2, -0.15) is 0 Å². The van der Waals surface area contributed by atoms with Crippen molar-refractivity contribution in [3.05, 3.63) is 35.5 Å². The van der Waals surface area contributed by atoms with E-state index in [0.717, 1.165) is 5.39 Å². The van der Waals surface area contributed by atoms with Crippen LogP contribution in [0.1, 0.15) is 0 Å². The zero-order valence-electron chi connectivity index (χ0n) is 8.53. The first-order chi connectivity index (χ1) is 7.72. The average molecular weight is 237 g/mol. The third-order valence-electron chi connectivity index (χ3n) is 2.14. The monoisotopic (exact) mass is 236 g/mol. The van der Waals surface area contributed by atoms with Crippen LogP contribution in [0.3, 0.4) is 0 Å². The molecule has 0 unspecified atom stereocenters. The van der Waals surface area contributed by atoms with E-state index in [9.17, 15) is 4.79 Å². The van der Waals surface area contributed by atoms with E-state index < -0.39 is 6.09 Å². The van der Waals surface area contributed by atoms with Crippen molar-refractivity contribution in [3.8, 4) is 0 Å². The average Bonchev–Trinajstić information content (AvgIpc) is 2.33. The maximum atomic E-state index is 11.1. The number of amides is 1. The van der Waals surface area contributed by atoms with E-state index in [1.54, 1.807) is 24.4 Å². The quantitative estimate of drug-likeness (QED) is 0.828. The molecule has 82 valence electrons. The number of rotatable bonds is 1. The third-order valence-corrected chi connectivity index (χ3v) is 2.47. The van der Waals surface area contributed by atoms with E-state index in [2.05, 4.69) is 15.0 Å². The Bertz CT molecular complexity index is 542. The second kappa shape index (κ2) is 4.37. The van der Waals surface area contributed by atoms with Crippen LogP contribution in [-0.2, 0) is 4.74 Å². The van der Waals surface area contributed by atoms with Crippen molar-refractivity contribution in [3.63, 3.8) is 0 Å². The first-order valence-corrected chi connectivity index (χ1v) is 4.98. The first kappa shape index (κ1) is 10.7. The van der Waals surface area contributed by atoms with Crippen LogP contribution in [0.4, 0.5) is 10.5 Å². The molecule has 1 aromatic carbocycles. The van der Waals surface area contributed by atoms with Crippen molar-refractivity contribution in [2.24, 2.45) is 0 Å². The summed E-state index contributed by atoms with van der Waals surface area (Å²) in [6, 6.07) is 7.02. The second-order valence-electron chi connectivity index (χ2n) is 3.11. The highest BCUT2D eigenvalue weighted by Crippen LogP contribution is 2.27. The number of pyridine rings is 1. The Kier molecular flexibility index (Phi) is 2.92. The van der Waals surface area contributed by atoms with Crippen molar-refractivity contribution >= 4 is 34.3 Å². The van der Waals surface area contributed by atoms with E-state index in [-0.39, 0.29) is 0 Å². The molecule has 0 aliphatic heterocycles.